The molecule has 2 N–H and O–H groups in total. The minimum absolute atomic E-state index is 0.0727. The number of nitrogens with one attached hydrogen (secondary N) is 2. The highest BCUT2D eigenvalue weighted by Gasteiger charge is 2.14. The Morgan fingerprint density at radius 2 is 2.11 bits per heavy atom. The van der Waals surface area contributed by atoms with E-state index < -0.39 is 11.8 Å². The van der Waals surface area contributed by atoms with Crippen molar-refractivity contribution in [1.29, 1.82) is 0 Å². The average molecular weight is 407 g/mol. The van der Waals surface area contributed by atoms with Crippen LogP contribution in [0.15, 0.2) is 39.4 Å². The number of rotatable bonds is 6. The van der Waals surface area contributed by atoms with E-state index in [4.69, 9.17) is 20.8 Å². The van der Waals surface area contributed by atoms with Crippen LogP contribution in [0, 0.1) is 0 Å². The minimum atomic E-state index is -0.519. The number of aryl methyl sites for hydroxylation is 1. The first-order valence-corrected chi connectivity index (χ1v) is 9.16. The molecule has 1 aromatic carbocycles. The number of nitrogens with zero attached hydrogens (tertiary/aromatic N) is 2. The first kappa shape index (κ1) is 18.9. The molecule has 0 atom stereocenters. The fourth-order valence-corrected chi connectivity index (χ4v) is 2.98. The summed E-state index contributed by atoms with van der Waals surface area (Å²) >= 11 is 7.39. The molecule has 0 radical (unpaired) electrons. The van der Waals surface area contributed by atoms with Crippen molar-refractivity contribution < 1.29 is 18.7 Å². The van der Waals surface area contributed by atoms with Gasteiger partial charge in [-0.05, 0) is 29.6 Å². The van der Waals surface area contributed by atoms with Gasteiger partial charge in [0.15, 0.2) is 0 Å². The number of amides is 2. The zero-order chi connectivity index (χ0) is 19.2. The first-order chi connectivity index (χ1) is 13.1. The number of thiophene rings is 1. The largest absolute Gasteiger partial charge is 0.496 e. The van der Waals surface area contributed by atoms with Crippen molar-refractivity contribution in [2.24, 2.45) is 0 Å². The van der Waals surface area contributed by atoms with Crippen molar-refractivity contribution in [3.05, 3.63) is 51.5 Å². The minimum Gasteiger partial charge on any atom is -0.496 e. The van der Waals surface area contributed by atoms with Crippen molar-refractivity contribution in [1.82, 2.24) is 21.0 Å². The lowest BCUT2D eigenvalue weighted by atomic mass is 10.2. The van der Waals surface area contributed by atoms with E-state index in [1.807, 2.05) is 16.8 Å². The van der Waals surface area contributed by atoms with Gasteiger partial charge in [-0.15, -0.1) is 10.2 Å². The van der Waals surface area contributed by atoms with Gasteiger partial charge >= 0.3 is 0 Å². The van der Waals surface area contributed by atoms with Gasteiger partial charge in [-0.3, -0.25) is 20.4 Å². The molecule has 2 aromatic heterocycles. The number of aromatic nitrogens is 2. The number of benzene rings is 1. The molecule has 0 saturated carbocycles. The Morgan fingerprint density at radius 3 is 2.85 bits per heavy atom. The molecule has 2 amide bonds. The zero-order valence-electron chi connectivity index (χ0n) is 14.2. The van der Waals surface area contributed by atoms with Gasteiger partial charge in [-0.2, -0.15) is 11.3 Å². The van der Waals surface area contributed by atoms with E-state index in [0.29, 0.717) is 22.6 Å². The molecule has 3 rings (SSSR count). The van der Waals surface area contributed by atoms with E-state index >= 15 is 0 Å². The Bertz CT molecular complexity index is 942. The highest BCUT2D eigenvalue weighted by molar-refractivity contribution is 7.08. The van der Waals surface area contributed by atoms with Crippen LogP contribution < -0.4 is 15.6 Å². The molecule has 0 saturated heterocycles. The Kier molecular flexibility index (Phi) is 6.05. The molecule has 0 aliphatic heterocycles. The molecule has 0 spiro atoms. The Hall–Kier alpha value is -2.91. The summed E-state index contributed by atoms with van der Waals surface area (Å²) in [4.78, 5) is 24.1. The molecule has 0 fully saturated rings. The van der Waals surface area contributed by atoms with Crippen LogP contribution in [0.3, 0.4) is 0 Å². The van der Waals surface area contributed by atoms with Gasteiger partial charge in [0.1, 0.15) is 5.75 Å². The number of carbonyl (C=O) groups is 2. The number of halogens is 1. The molecule has 8 nitrogen and oxygen atoms in total. The summed E-state index contributed by atoms with van der Waals surface area (Å²) < 4.78 is 10.6. The third-order valence-electron chi connectivity index (χ3n) is 3.52. The molecule has 10 heteroatoms. The summed E-state index contributed by atoms with van der Waals surface area (Å²) in [7, 11) is 1.43. The van der Waals surface area contributed by atoms with Gasteiger partial charge in [0.2, 0.25) is 17.7 Å². The average Bonchev–Trinajstić information content (AvgIpc) is 3.35. The van der Waals surface area contributed by atoms with Crippen molar-refractivity contribution in [2.75, 3.05) is 7.11 Å². The maximum atomic E-state index is 12.2. The quantitative estimate of drug-likeness (QED) is 0.609. The van der Waals surface area contributed by atoms with E-state index in [1.54, 1.807) is 6.07 Å². The predicted molar refractivity (Wildman–Crippen MR) is 99.5 cm³/mol. The molecule has 2 heterocycles. The third kappa shape index (κ3) is 4.83. The van der Waals surface area contributed by atoms with E-state index in [2.05, 4.69) is 21.0 Å². The lowest BCUT2D eigenvalue weighted by molar-refractivity contribution is -0.121. The van der Waals surface area contributed by atoms with E-state index in [1.165, 1.54) is 30.6 Å². The maximum Gasteiger partial charge on any atom is 0.273 e. The smallest absolute Gasteiger partial charge is 0.273 e. The van der Waals surface area contributed by atoms with Crippen LogP contribution in [0.25, 0.3) is 11.5 Å². The number of methoxy groups -OCH3 is 1. The second kappa shape index (κ2) is 8.65. The van der Waals surface area contributed by atoms with Crippen LogP contribution in [0.4, 0.5) is 0 Å². The molecule has 0 unspecified atom stereocenters. The lowest BCUT2D eigenvalue weighted by Gasteiger charge is -2.10. The van der Waals surface area contributed by atoms with Crippen molar-refractivity contribution in [2.45, 2.75) is 12.8 Å². The molecular weight excluding hydrogens is 392 g/mol. The molecule has 0 aliphatic rings. The van der Waals surface area contributed by atoms with Crippen LogP contribution in [0.5, 0.6) is 5.75 Å². The predicted octanol–water partition coefficient (Wildman–Crippen LogP) is 2.85. The molecular formula is C17H15ClN4O4S. The standard InChI is InChI=1S/C17H15ClN4O4S/c1-25-13-8-11(18)2-3-12(13)16(24)21-19-14(23)4-5-15-20-22-17(26-15)10-6-7-27-9-10/h2-3,6-9H,4-5H2,1H3,(H,19,23)(H,21,24). The van der Waals surface area contributed by atoms with E-state index in [-0.39, 0.29) is 18.4 Å². The van der Waals surface area contributed by atoms with Crippen LogP contribution in [0.1, 0.15) is 22.7 Å². The highest BCUT2D eigenvalue weighted by Crippen LogP contribution is 2.23. The van der Waals surface area contributed by atoms with E-state index in [9.17, 15) is 9.59 Å². The van der Waals surface area contributed by atoms with Crippen LogP contribution >= 0.6 is 22.9 Å². The Balaban J connectivity index is 1.49. The molecule has 140 valence electrons. The van der Waals surface area contributed by atoms with Crippen molar-refractivity contribution >= 4 is 34.8 Å². The fraction of sp³-hybridized carbons (Fsp3) is 0.176. The van der Waals surface area contributed by atoms with Gasteiger partial charge in [0.05, 0.1) is 12.7 Å². The van der Waals surface area contributed by atoms with Gasteiger partial charge in [-0.1, -0.05) is 11.6 Å². The highest BCUT2D eigenvalue weighted by atomic mass is 35.5. The summed E-state index contributed by atoms with van der Waals surface area (Å²) in [6.45, 7) is 0. The number of ether oxygens (including phenoxy) is 1. The van der Waals surface area contributed by atoms with Crippen molar-refractivity contribution in [3.63, 3.8) is 0 Å². The summed E-state index contributed by atoms with van der Waals surface area (Å²) in [5.74, 6) is 0.147. The fourth-order valence-electron chi connectivity index (χ4n) is 2.19. The van der Waals surface area contributed by atoms with E-state index in [0.717, 1.165) is 5.56 Å². The van der Waals surface area contributed by atoms with Crippen LogP contribution in [0.2, 0.25) is 5.02 Å². The van der Waals surface area contributed by atoms with Crippen LogP contribution in [-0.4, -0.2) is 29.1 Å². The SMILES string of the molecule is COc1cc(Cl)ccc1C(=O)NNC(=O)CCc1nnc(-c2ccsc2)o1. The third-order valence-corrected chi connectivity index (χ3v) is 4.44. The monoisotopic (exact) mass is 406 g/mol. The maximum absolute atomic E-state index is 12.2. The summed E-state index contributed by atoms with van der Waals surface area (Å²) in [5.41, 5.74) is 5.76. The van der Waals surface area contributed by atoms with Gasteiger partial charge in [0.25, 0.3) is 5.91 Å². The van der Waals surface area contributed by atoms with Gasteiger partial charge in [0, 0.05) is 28.8 Å². The Morgan fingerprint density at radius 1 is 1.26 bits per heavy atom. The lowest BCUT2D eigenvalue weighted by Crippen LogP contribution is -2.41. The number of hydrogen-bond acceptors (Lipinski definition) is 7. The Labute approximate surface area is 163 Å². The molecule has 3 aromatic rings. The summed E-state index contributed by atoms with van der Waals surface area (Å²) in [5, 5.41) is 12.1. The zero-order valence-corrected chi connectivity index (χ0v) is 15.8. The second-order valence-corrected chi connectivity index (χ2v) is 6.58. The first-order valence-electron chi connectivity index (χ1n) is 7.84. The molecule has 0 bridgehead atoms. The number of hydrogen-bond donors (Lipinski definition) is 2. The normalized spacial score (nSPS) is 10.4. The van der Waals surface area contributed by atoms with Gasteiger partial charge < -0.3 is 9.15 Å². The number of carbonyl (C=O) groups excluding carboxylic acids is 2. The van der Waals surface area contributed by atoms with Crippen molar-refractivity contribution in [3.8, 4) is 17.2 Å². The molecule has 0 aliphatic carbocycles. The number of hydrazine groups is 1. The second-order valence-electron chi connectivity index (χ2n) is 5.36. The molecule has 27 heavy (non-hydrogen) atoms. The topological polar surface area (TPSA) is 106 Å². The summed E-state index contributed by atoms with van der Waals surface area (Å²) in [6, 6.07) is 6.45. The summed E-state index contributed by atoms with van der Waals surface area (Å²) in [6.07, 6.45) is 0.326. The van der Waals surface area contributed by atoms with Crippen LogP contribution in [-0.2, 0) is 11.2 Å². The van der Waals surface area contributed by atoms with Gasteiger partial charge in [-0.25, -0.2) is 0 Å².